The number of carbonyl (C=O) groups excluding carboxylic acids is 1. The summed E-state index contributed by atoms with van der Waals surface area (Å²) in [6.07, 6.45) is 5.45. The first-order valence-corrected chi connectivity index (χ1v) is 6.64. The van der Waals surface area contributed by atoms with Gasteiger partial charge in [-0.1, -0.05) is 25.8 Å². The van der Waals surface area contributed by atoms with Crippen LogP contribution < -0.4 is 11.1 Å². The van der Waals surface area contributed by atoms with E-state index in [9.17, 15) is 4.79 Å². The van der Waals surface area contributed by atoms with E-state index in [4.69, 9.17) is 5.73 Å². The zero-order valence-electron chi connectivity index (χ0n) is 10.9. The number of carbonyl (C=O) groups is 1. The summed E-state index contributed by atoms with van der Waals surface area (Å²) in [6.45, 7) is 3.48. The van der Waals surface area contributed by atoms with Crippen LogP contribution in [-0.4, -0.2) is 17.4 Å². The fourth-order valence-electron chi connectivity index (χ4n) is 2.52. The molecule has 3 N–H and O–H groups in total. The molecule has 0 spiro atoms. The van der Waals surface area contributed by atoms with Crippen LogP contribution in [0.3, 0.4) is 0 Å². The molecule has 1 heterocycles. The van der Waals surface area contributed by atoms with Gasteiger partial charge in [-0.25, -0.2) is 0 Å². The van der Waals surface area contributed by atoms with Crippen LogP contribution in [0.25, 0.3) is 0 Å². The van der Waals surface area contributed by atoms with Crippen LogP contribution >= 0.6 is 0 Å². The number of nitrogens with one attached hydrogen (secondary N) is 1. The van der Waals surface area contributed by atoms with Crippen LogP contribution in [0.1, 0.15) is 42.2 Å². The maximum atomic E-state index is 11.9. The van der Waals surface area contributed by atoms with Crippen LogP contribution in [0.4, 0.5) is 0 Å². The number of aromatic nitrogens is 1. The molecule has 4 nitrogen and oxygen atoms in total. The molecule has 0 radical (unpaired) electrons. The molecule has 1 aromatic heterocycles. The summed E-state index contributed by atoms with van der Waals surface area (Å²) in [5.41, 5.74) is 6.90. The molecule has 1 aromatic rings. The molecule has 0 saturated heterocycles. The third-order valence-corrected chi connectivity index (χ3v) is 3.86. The van der Waals surface area contributed by atoms with E-state index in [1.807, 2.05) is 6.07 Å². The number of rotatable bonds is 4. The number of pyridine rings is 1. The summed E-state index contributed by atoms with van der Waals surface area (Å²) < 4.78 is 0. The van der Waals surface area contributed by atoms with Gasteiger partial charge >= 0.3 is 0 Å². The number of hydrogen-bond donors (Lipinski definition) is 2. The average molecular weight is 247 g/mol. The van der Waals surface area contributed by atoms with Gasteiger partial charge in [-0.3, -0.25) is 9.78 Å². The van der Waals surface area contributed by atoms with Crippen molar-refractivity contribution in [2.45, 2.75) is 32.7 Å². The maximum absolute atomic E-state index is 11.9. The standard InChI is InChI=1S/C14H21N3O/c1-10-3-2-4-12(10)9-17-14(18)13-6-5-11(7-15)8-16-13/h5-6,8,10,12H,2-4,7,9,15H2,1H3,(H,17,18). The number of amides is 1. The highest BCUT2D eigenvalue weighted by atomic mass is 16.1. The molecule has 0 aliphatic heterocycles. The molecule has 0 bridgehead atoms. The lowest BCUT2D eigenvalue weighted by molar-refractivity contribution is 0.0939. The van der Waals surface area contributed by atoms with Gasteiger partial charge in [0.2, 0.25) is 0 Å². The van der Waals surface area contributed by atoms with Crippen LogP contribution in [0, 0.1) is 11.8 Å². The van der Waals surface area contributed by atoms with E-state index in [2.05, 4.69) is 17.2 Å². The summed E-state index contributed by atoms with van der Waals surface area (Å²) in [7, 11) is 0. The van der Waals surface area contributed by atoms with E-state index in [0.717, 1.165) is 18.0 Å². The number of nitrogens with zero attached hydrogens (tertiary/aromatic N) is 1. The molecule has 18 heavy (non-hydrogen) atoms. The van der Waals surface area contributed by atoms with E-state index in [1.165, 1.54) is 19.3 Å². The fraction of sp³-hybridized carbons (Fsp3) is 0.571. The Balaban J connectivity index is 1.87. The first-order valence-electron chi connectivity index (χ1n) is 6.64. The predicted molar refractivity (Wildman–Crippen MR) is 71.0 cm³/mol. The van der Waals surface area contributed by atoms with Crippen molar-refractivity contribution in [2.24, 2.45) is 17.6 Å². The molecule has 0 aromatic carbocycles. The Kier molecular flexibility index (Phi) is 4.31. The molecular formula is C14H21N3O. The van der Waals surface area contributed by atoms with Crippen LogP contribution in [0.15, 0.2) is 18.3 Å². The van der Waals surface area contributed by atoms with E-state index < -0.39 is 0 Å². The quantitative estimate of drug-likeness (QED) is 0.851. The zero-order valence-corrected chi connectivity index (χ0v) is 10.9. The van der Waals surface area contributed by atoms with Crippen LogP contribution in [0.5, 0.6) is 0 Å². The Hall–Kier alpha value is -1.42. The summed E-state index contributed by atoms with van der Waals surface area (Å²) in [4.78, 5) is 16.0. The minimum atomic E-state index is -0.0855. The van der Waals surface area contributed by atoms with E-state index >= 15 is 0 Å². The monoisotopic (exact) mass is 247 g/mol. The largest absolute Gasteiger partial charge is 0.350 e. The average Bonchev–Trinajstić information content (AvgIpc) is 2.81. The van der Waals surface area contributed by atoms with Crippen molar-refractivity contribution < 1.29 is 4.79 Å². The zero-order chi connectivity index (χ0) is 13.0. The van der Waals surface area contributed by atoms with Crippen molar-refractivity contribution in [1.29, 1.82) is 0 Å². The Morgan fingerprint density at radius 3 is 2.89 bits per heavy atom. The topological polar surface area (TPSA) is 68.0 Å². The highest BCUT2D eigenvalue weighted by Crippen LogP contribution is 2.30. The van der Waals surface area contributed by atoms with Crippen LogP contribution in [-0.2, 0) is 6.54 Å². The third-order valence-electron chi connectivity index (χ3n) is 3.86. The second-order valence-corrected chi connectivity index (χ2v) is 5.13. The van der Waals surface area contributed by atoms with E-state index in [1.54, 1.807) is 12.3 Å². The summed E-state index contributed by atoms with van der Waals surface area (Å²) in [5.74, 6) is 1.26. The van der Waals surface area contributed by atoms with Gasteiger partial charge in [0.15, 0.2) is 0 Å². The van der Waals surface area contributed by atoms with Gasteiger partial charge in [0.05, 0.1) is 0 Å². The predicted octanol–water partition coefficient (Wildman–Crippen LogP) is 1.71. The van der Waals surface area contributed by atoms with Crippen LogP contribution in [0.2, 0.25) is 0 Å². The van der Waals surface area contributed by atoms with E-state index in [0.29, 0.717) is 18.2 Å². The molecule has 2 rings (SSSR count). The molecule has 98 valence electrons. The lowest BCUT2D eigenvalue weighted by Gasteiger charge is -2.15. The van der Waals surface area contributed by atoms with Gasteiger partial charge in [0.1, 0.15) is 5.69 Å². The van der Waals surface area contributed by atoms with Crippen molar-refractivity contribution in [3.8, 4) is 0 Å². The van der Waals surface area contributed by atoms with Crippen molar-refractivity contribution in [3.63, 3.8) is 0 Å². The minimum absolute atomic E-state index is 0.0855. The summed E-state index contributed by atoms with van der Waals surface area (Å²) in [6, 6.07) is 3.58. The third kappa shape index (κ3) is 3.07. The fourth-order valence-corrected chi connectivity index (χ4v) is 2.52. The number of hydrogen-bond acceptors (Lipinski definition) is 3. The molecule has 2 atom stereocenters. The maximum Gasteiger partial charge on any atom is 0.269 e. The SMILES string of the molecule is CC1CCCC1CNC(=O)c1ccc(CN)cn1. The van der Waals surface area contributed by atoms with Gasteiger partial charge in [-0.15, -0.1) is 0 Å². The molecule has 1 aliphatic carbocycles. The molecule has 1 aliphatic rings. The van der Waals surface area contributed by atoms with Crippen molar-refractivity contribution in [2.75, 3.05) is 6.54 Å². The lowest BCUT2D eigenvalue weighted by Crippen LogP contribution is -2.30. The van der Waals surface area contributed by atoms with Gasteiger partial charge in [-0.2, -0.15) is 0 Å². The Morgan fingerprint density at radius 1 is 1.50 bits per heavy atom. The first kappa shape index (κ1) is 13.0. The minimum Gasteiger partial charge on any atom is -0.350 e. The van der Waals surface area contributed by atoms with Gasteiger partial charge in [-0.05, 0) is 29.9 Å². The van der Waals surface area contributed by atoms with Gasteiger partial charge in [0.25, 0.3) is 5.91 Å². The van der Waals surface area contributed by atoms with Gasteiger partial charge in [0, 0.05) is 19.3 Å². The van der Waals surface area contributed by atoms with Gasteiger partial charge < -0.3 is 11.1 Å². The molecule has 2 unspecified atom stereocenters. The highest BCUT2D eigenvalue weighted by molar-refractivity contribution is 5.92. The molecule has 1 saturated carbocycles. The second kappa shape index (κ2) is 5.96. The second-order valence-electron chi connectivity index (χ2n) is 5.13. The Labute approximate surface area is 108 Å². The van der Waals surface area contributed by atoms with Crippen molar-refractivity contribution in [3.05, 3.63) is 29.6 Å². The molecule has 1 amide bonds. The Bertz CT molecular complexity index is 402. The molecule has 4 heteroatoms. The molecular weight excluding hydrogens is 226 g/mol. The summed E-state index contributed by atoms with van der Waals surface area (Å²) >= 11 is 0. The number of nitrogens with two attached hydrogens (primary N) is 1. The van der Waals surface area contributed by atoms with Crippen molar-refractivity contribution >= 4 is 5.91 Å². The molecule has 1 fully saturated rings. The Morgan fingerprint density at radius 2 is 2.33 bits per heavy atom. The highest BCUT2D eigenvalue weighted by Gasteiger charge is 2.23. The van der Waals surface area contributed by atoms with Crippen molar-refractivity contribution in [1.82, 2.24) is 10.3 Å². The first-order chi connectivity index (χ1) is 8.70. The summed E-state index contributed by atoms with van der Waals surface area (Å²) in [5, 5.41) is 2.98. The van der Waals surface area contributed by atoms with E-state index in [-0.39, 0.29) is 5.91 Å². The smallest absolute Gasteiger partial charge is 0.269 e. The lowest BCUT2D eigenvalue weighted by atomic mass is 9.98. The normalized spacial score (nSPS) is 23.0.